The summed E-state index contributed by atoms with van der Waals surface area (Å²) in [6.45, 7) is 4.49. The van der Waals surface area contributed by atoms with Crippen LogP contribution in [0.25, 0.3) is 11.0 Å². The van der Waals surface area contributed by atoms with Crippen LogP contribution in [0.1, 0.15) is 25.3 Å². The van der Waals surface area contributed by atoms with Gasteiger partial charge in [-0.3, -0.25) is 0 Å². The second-order valence-electron chi connectivity index (χ2n) is 4.03. The number of nitrogens with zero attached hydrogens (tertiary/aromatic N) is 2. The van der Waals surface area contributed by atoms with E-state index in [1.807, 2.05) is 25.1 Å². The van der Waals surface area contributed by atoms with Gasteiger partial charge in [0.2, 0.25) is 0 Å². The predicted octanol–water partition coefficient (Wildman–Crippen LogP) is 3.13. The summed E-state index contributed by atoms with van der Waals surface area (Å²) in [7, 11) is 0. The molecular formula is C13H16N2O2. The lowest BCUT2D eigenvalue weighted by atomic mass is 10.2. The maximum Gasteiger partial charge on any atom is 0.419 e. The zero-order valence-electron chi connectivity index (χ0n) is 10.1. The highest BCUT2D eigenvalue weighted by Gasteiger charge is 2.11. The van der Waals surface area contributed by atoms with Gasteiger partial charge < -0.3 is 4.74 Å². The van der Waals surface area contributed by atoms with Gasteiger partial charge in [-0.15, -0.1) is 0 Å². The Morgan fingerprint density at radius 1 is 1.47 bits per heavy atom. The summed E-state index contributed by atoms with van der Waals surface area (Å²) in [5, 5.41) is 0. The van der Waals surface area contributed by atoms with Crippen LogP contribution >= 0.6 is 0 Å². The minimum Gasteiger partial charge on any atom is -0.449 e. The van der Waals surface area contributed by atoms with Gasteiger partial charge >= 0.3 is 6.09 Å². The molecule has 4 nitrogen and oxygen atoms in total. The summed E-state index contributed by atoms with van der Waals surface area (Å²) in [5.74, 6) is 0. The van der Waals surface area contributed by atoms with Crippen molar-refractivity contribution in [2.45, 2.75) is 26.7 Å². The summed E-state index contributed by atoms with van der Waals surface area (Å²) in [6, 6.07) is 5.76. The average Bonchev–Trinajstić information content (AvgIpc) is 2.74. The molecule has 17 heavy (non-hydrogen) atoms. The maximum absolute atomic E-state index is 11.8. The Morgan fingerprint density at radius 3 is 3.06 bits per heavy atom. The molecule has 1 heterocycles. The lowest BCUT2D eigenvalue weighted by Gasteiger charge is -2.04. The van der Waals surface area contributed by atoms with Crippen LogP contribution in [0.15, 0.2) is 24.5 Å². The van der Waals surface area contributed by atoms with Crippen LogP contribution in [0, 0.1) is 6.92 Å². The fraction of sp³-hybridized carbons (Fsp3) is 0.385. The molecule has 0 atom stereocenters. The zero-order chi connectivity index (χ0) is 12.3. The third-order valence-corrected chi connectivity index (χ3v) is 2.70. The molecule has 0 aliphatic carbocycles. The molecular weight excluding hydrogens is 216 g/mol. The van der Waals surface area contributed by atoms with E-state index < -0.39 is 0 Å². The molecule has 0 saturated heterocycles. The number of benzene rings is 1. The van der Waals surface area contributed by atoms with Gasteiger partial charge in [0, 0.05) is 0 Å². The number of carbonyl (C=O) groups is 1. The molecule has 2 rings (SSSR count). The molecule has 4 heteroatoms. The number of ether oxygens (including phenoxy) is 1. The van der Waals surface area contributed by atoms with Crippen LogP contribution in [-0.2, 0) is 4.74 Å². The summed E-state index contributed by atoms with van der Waals surface area (Å²) in [6.07, 6.45) is 3.06. The van der Waals surface area contributed by atoms with E-state index in [-0.39, 0.29) is 6.09 Å². The summed E-state index contributed by atoms with van der Waals surface area (Å²) in [5.41, 5.74) is 2.70. The number of fused-ring (bicyclic) bond motifs is 1. The molecule has 1 aromatic carbocycles. The highest BCUT2D eigenvalue weighted by molar-refractivity contribution is 5.88. The second kappa shape index (κ2) is 4.99. The molecule has 0 fully saturated rings. The molecule has 0 unspecified atom stereocenters. The third-order valence-electron chi connectivity index (χ3n) is 2.70. The first-order chi connectivity index (χ1) is 8.24. The number of hydrogen-bond donors (Lipinski definition) is 0. The molecule has 1 aromatic heterocycles. The minimum absolute atomic E-state index is 0.355. The van der Waals surface area contributed by atoms with E-state index in [0.717, 1.165) is 29.4 Å². The number of hydrogen-bond acceptors (Lipinski definition) is 3. The van der Waals surface area contributed by atoms with Crippen molar-refractivity contribution in [3.63, 3.8) is 0 Å². The Morgan fingerprint density at radius 2 is 2.29 bits per heavy atom. The van der Waals surface area contributed by atoms with E-state index in [1.54, 1.807) is 0 Å². The Kier molecular flexibility index (Phi) is 3.42. The minimum atomic E-state index is -0.355. The molecule has 0 aliphatic rings. The van der Waals surface area contributed by atoms with Gasteiger partial charge in [-0.05, 0) is 25.0 Å². The average molecular weight is 232 g/mol. The van der Waals surface area contributed by atoms with Crippen LogP contribution in [-0.4, -0.2) is 22.3 Å². The first kappa shape index (κ1) is 11.6. The number of rotatable bonds is 3. The quantitative estimate of drug-likeness (QED) is 0.764. The molecule has 0 aliphatic heterocycles. The van der Waals surface area contributed by atoms with E-state index in [4.69, 9.17) is 4.74 Å². The van der Waals surface area contributed by atoms with E-state index in [0.29, 0.717) is 6.61 Å². The van der Waals surface area contributed by atoms with Gasteiger partial charge in [0.05, 0.1) is 17.6 Å². The summed E-state index contributed by atoms with van der Waals surface area (Å²) >= 11 is 0. The summed E-state index contributed by atoms with van der Waals surface area (Å²) < 4.78 is 6.62. The number of unbranched alkanes of at least 4 members (excludes halogenated alkanes) is 1. The molecule has 0 bridgehead atoms. The molecule has 90 valence electrons. The Balaban J connectivity index is 2.24. The molecule has 0 amide bonds. The van der Waals surface area contributed by atoms with E-state index in [9.17, 15) is 4.79 Å². The topological polar surface area (TPSA) is 44.1 Å². The van der Waals surface area contributed by atoms with Crippen molar-refractivity contribution in [3.05, 3.63) is 30.1 Å². The van der Waals surface area contributed by atoms with Crippen molar-refractivity contribution in [2.75, 3.05) is 6.61 Å². The van der Waals surface area contributed by atoms with E-state index in [2.05, 4.69) is 11.9 Å². The monoisotopic (exact) mass is 232 g/mol. The third kappa shape index (κ3) is 2.30. The van der Waals surface area contributed by atoms with Crippen molar-refractivity contribution < 1.29 is 9.53 Å². The zero-order valence-corrected chi connectivity index (χ0v) is 10.1. The Hall–Kier alpha value is -1.84. The molecule has 0 saturated carbocycles. The second-order valence-corrected chi connectivity index (χ2v) is 4.03. The van der Waals surface area contributed by atoms with Crippen LogP contribution in [0.5, 0.6) is 0 Å². The van der Waals surface area contributed by atoms with Crippen LogP contribution < -0.4 is 0 Å². The molecule has 0 spiro atoms. The molecule has 0 radical (unpaired) electrons. The first-order valence-electron chi connectivity index (χ1n) is 5.84. The van der Waals surface area contributed by atoms with Gasteiger partial charge in [0.15, 0.2) is 0 Å². The molecule has 2 aromatic rings. The summed E-state index contributed by atoms with van der Waals surface area (Å²) in [4.78, 5) is 16.0. The van der Waals surface area contributed by atoms with Crippen molar-refractivity contribution in [3.8, 4) is 0 Å². The van der Waals surface area contributed by atoms with Crippen LogP contribution in [0.4, 0.5) is 4.79 Å². The number of aromatic nitrogens is 2. The largest absolute Gasteiger partial charge is 0.449 e. The van der Waals surface area contributed by atoms with Crippen molar-refractivity contribution in [2.24, 2.45) is 0 Å². The lowest BCUT2D eigenvalue weighted by Crippen LogP contribution is -2.13. The van der Waals surface area contributed by atoms with Crippen LogP contribution in [0.2, 0.25) is 0 Å². The van der Waals surface area contributed by atoms with Crippen molar-refractivity contribution in [1.29, 1.82) is 0 Å². The van der Waals surface area contributed by atoms with E-state index >= 15 is 0 Å². The van der Waals surface area contributed by atoms with Gasteiger partial charge in [0.25, 0.3) is 0 Å². The fourth-order valence-corrected chi connectivity index (χ4v) is 1.70. The Labute approximate surface area is 100 Å². The predicted molar refractivity (Wildman–Crippen MR) is 66.1 cm³/mol. The SMILES string of the molecule is CCCCOC(=O)n1cnc2c(C)cccc21. The normalized spacial score (nSPS) is 10.7. The van der Waals surface area contributed by atoms with Gasteiger partial charge in [-0.25, -0.2) is 14.3 Å². The highest BCUT2D eigenvalue weighted by Crippen LogP contribution is 2.16. The fourth-order valence-electron chi connectivity index (χ4n) is 1.70. The molecule has 0 N–H and O–H groups in total. The van der Waals surface area contributed by atoms with Gasteiger partial charge in [-0.1, -0.05) is 25.5 Å². The number of para-hydroxylation sites is 1. The highest BCUT2D eigenvalue weighted by atomic mass is 16.5. The van der Waals surface area contributed by atoms with E-state index in [1.165, 1.54) is 10.9 Å². The Bertz CT molecular complexity index is 531. The number of imidazole rings is 1. The first-order valence-corrected chi connectivity index (χ1v) is 5.84. The smallest absolute Gasteiger partial charge is 0.419 e. The maximum atomic E-state index is 11.8. The van der Waals surface area contributed by atoms with Gasteiger partial charge in [0.1, 0.15) is 6.33 Å². The number of aryl methyl sites for hydroxylation is 1. The lowest BCUT2D eigenvalue weighted by molar-refractivity contribution is 0.147. The van der Waals surface area contributed by atoms with Crippen molar-refractivity contribution >= 4 is 17.1 Å². The number of carbonyl (C=O) groups excluding carboxylic acids is 1. The van der Waals surface area contributed by atoms with Gasteiger partial charge in [-0.2, -0.15) is 0 Å². The van der Waals surface area contributed by atoms with Crippen LogP contribution in [0.3, 0.4) is 0 Å². The van der Waals surface area contributed by atoms with Crippen molar-refractivity contribution in [1.82, 2.24) is 9.55 Å². The standard InChI is InChI=1S/C13H16N2O2/c1-3-4-8-17-13(16)15-9-14-12-10(2)6-5-7-11(12)15/h5-7,9H,3-4,8H2,1-2H3.